The second-order valence-electron chi connectivity index (χ2n) is 7.87. The van der Waals surface area contributed by atoms with E-state index in [0.717, 1.165) is 24.3 Å². The average molecular weight is 570 g/mol. The largest absolute Gasteiger partial charge is 0.478 e. The molecule has 9 nitrogen and oxygen atoms in total. The Bertz CT molecular complexity index is 1410. The number of carbonyl (C=O) groups excluding carboxylic acids is 3. The number of ether oxygens (including phenoxy) is 2. The van der Waals surface area contributed by atoms with Crippen LogP contribution in [0.25, 0.3) is 0 Å². The number of aliphatic carboxylic acids is 1. The number of rotatable bonds is 8. The van der Waals surface area contributed by atoms with E-state index in [9.17, 15) is 50.6 Å². The molecule has 0 saturated heterocycles. The molecule has 0 aliphatic rings. The molecule has 0 aliphatic carbocycles. The Kier molecular flexibility index (Phi) is 8.76. The third kappa shape index (κ3) is 7.55. The quantitative estimate of drug-likeness (QED) is 0.297. The van der Waals surface area contributed by atoms with Gasteiger partial charge < -0.3 is 19.9 Å². The molecular weight excluding hydrogens is 554 g/mol. The van der Waals surface area contributed by atoms with Crippen LogP contribution in [0.4, 0.5) is 32.0 Å². The maximum absolute atomic E-state index is 13.1. The van der Waals surface area contributed by atoms with Crippen molar-refractivity contribution in [2.24, 2.45) is 0 Å². The van der Waals surface area contributed by atoms with Gasteiger partial charge in [0.05, 0.1) is 22.3 Å². The summed E-state index contributed by atoms with van der Waals surface area (Å²) in [6.07, 6.45) is -12.4. The standard InChI is InChI=1S/C25H16F6N2O7/c26-24(27,28)15-5-1-3-13(11-15)22(37)39-18(20(34)33-17-7-9-32-10-8-17)19(21(35)36)40-23(38)14-4-2-6-16(12-14)25(29,30)31/h1-12,18-19H,(H,35,36)(H,32,33,34)/t18-,19+/m1/s1. The van der Waals surface area contributed by atoms with E-state index in [2.05, 4.69) is 10.3 Å². The number of hydrogen-bond donors (Lipinski definition) is 2. The Morgan fingerprint density at radius 1 is 0.725 bits per heavy atom. The summed E-state index contributed by atoms with van der Waals surface area (Å²) in [6, 6.07) is 7.96. The molecule has 0 fully saturated rings. The summed E-state index contributed by atoms with van der Waals surface area (Å²) >= 11 is 0. The van der Waals surface area contributed by atoms with Gasteiger partial charge in [-0.2, -0.15) is 26.3 Å². The molecule has 0 unspecified atom stereocenters. The molecule has 2 aromatic carbocycles. The molecule has 1 amide bonds. The topological polar surface area (TPSA) is 132 Å². The van der Waals surface area contributed by atoms with Crippen LogP contribution >= 0.6 is 0 Å². The maximum Gasteiger partial charge on any atom is 0.416 e. The Labute approximate surface area is 220 Å². The normalized spacial score (nSPS) is 13.1. The van der Waals surface area contributed by atoms with Crippen molar-refractivity contribution in [3.63, 3.8) is 0 Å². The zero-order valence-corrected chi connectivity index (χ0v) is 19.7. The minimum atomic E-state index is -4.87. The van der Waals surface area contributed by atoms with Crippen molar-refractivity contribution < 1.29 is 60.1 Å². The Morgan fingerprint density at radius 3 is 1.60 bits per heavy atom. The van der Waals surface area contributed by atoms with Gasteiger partial charge in [0.15, 0.2) is 0 Å². The zero-order valence-electron chi connectivity index (χ0n) is 19.7. The fraction of sp³-hybridized carbons (Fsp3) is 0.160. The first kappa shape index (κ1) is 29.6. The fourth-order valence-corrected chi connectivity index (χ4v) is 3.15. The van der Waals surface area contributed by atoms with Crippen LogP contribution < -0.4 is 5.32 Å². The van der Waals surface area contributed by atoms with Gasteiger partial charge in [-0.05, 0) is 48.5 Å². The molecule has 3 aromatic rings. The van der Waals surface area contributed by atoms with Gasteiger partial charge >= 0.3 is 30.3 Å². The van der Waals surface area contributed by atoms with Crippen LogP contribution in [0.15, 0.2) is 73.1 Å². The van der Waals surface area contributed by atoms with Crippen molar-refractivity contribution in [3.8, 4) is 0 Å². The highest BCUT2D eigenvalue weighted by atomic mass is 19.4. The van der Waals surface area contributed by atoms with Crippen molar-refractivity contribution in [2.75, 3.05) is 5.32 Å². The molecule has 40 heavy (non-hydrogen) atoms. The van der Waals surface area contributed by atoms with Crippen LogP contribution in [-0.2, 0) is 31.4 Å². The highest BCUT2D eigenvalue weighted by molar-refractivity contribution is 6.01. The Hall–Kier alpha value is -4.95. The minimum Gasteiger partial charge on any atom is -0.478 e. The lowest BCUT2D eigenvalue weighted by molar-refractivity contribution is -0.157. The van der Waals surface area contributed by atoms with E-state index < -0.39 is 70.6 Å². The molecule has 2 atom stereocenters. The van der Waals surface area contributed by atoms with Gasteiger partial charge in [0, 0.05) is 18.1 Å². The number of esters is 2. The van der Waals surface area contributed by atoms with Gasteiger partial charge in [-0.3, -0.25) is 9.78 Å². The first-order valence-corrected chi connectivity index (χ1v) is 10.9. The number of pyridine rings is 1. The molecule has 15 heteroatoms. The van der Waals surface area contributed by atoms with Gasteiger partial charge in [-0.15, -0.1) is 0 Å². The van der Waals surface area contributed by atoms with E-state index in [1.54, 1.807) is 0 Å². The van der Waals surface area contributed by atoms with Gasteiger partial charge in [0.2, 0.25) is 12.2 Å². The molecule has 3 rings (SSSR count). The van der Waals surface area contributed by atoms with E-state index >= 15 is 0 Å². The number of anilines is 1. The Balaban J connectivity index is 1.95. The second-order valence-corrected chi connectivity index (χ2v) is 7.87. The van der Waals surface area contributed by atoms with Crippen molar-refractivity contribution in [1.82, 2.24) is 4.98 Å². The number of alkyl halides is 6. The predicted octanol–water partition coefficient (Wildman–Crippen LogP) is 4.59. The highest BCUT2D eigenvalue weighted by Gasteiger charge is 2.42. The molecule has 0 radical (unpaired) electrons. The lowest BCUT2D eigenvalue weighted by Gasteiger charge is -2.24. The molecule has 1 heterocycles. The van der Waals surface area contributed by atoms with Crippen LogP contribution in [-0.4, -0.2) is 46.1 Å². The lowest BCUT2D eigenvalue weighted by atomic mass is 10.1. The van der Waals surface area contributed by atoms with E-state index in [-0.39, 0.29) is 5.69 Å². The van der Waals surface area contributed by atoms with E-state index in [4.69, 9.17) is 9.47 Å². The third-order valence-corrected chi connectivity index (χ3v) is 5.04. The summed E-state index contributed by atoms with van der Waals surface area (Å²) in [5.41, 5.74) is -4.00. The number of hydrogen-bond acceptors (Lipinski definition) is 7. The predicted molar refractivity (Wildman–Crippen MR) is 122 cm³/mol. The number of carboxylic acid groups (broad SMARTS) is 1. The van der Waals surface area contributed by atoms with Crippen molar-refractivity contribution >= 4 is 29.5 Å². The molecule has 0 spiro atoms. The minimum absolute atomic E-state index is 0.00783. The van der Waals surface area contributed by atoms with Gasteiger partial charge in [0.25, 0.3) is 5.91 Å². The average Bonchev–Trinajstić information content (AvgIpc) is 2.90. The number of benzene rings is 2. The number of amides is 1. The van der Waals surface area contributed by atoms with E-state index in [1.165, 1.54) is 24.5 Å². The molecule has 0 saturated carbocycles. The number of carbonyl (C=O) groups is 4. The highest BCUT2D eigenvalue weighted by Crippen LogP contribution is 2.31. The molecule has 2 N–H and O–H groups in total. The molecule has 1 aromatic heterocycles. The smallest absolute Gasteiger partial charge is 0.416 e. The first-order valence-electron chi connectivity index (χ1n) is 10.9. The monoisotopic (exact) mass is 570 g/mol. The van der Waals surface area contributed by atoms with Gasteiger partial charge in [0.1, 0.15) is 0 Å². The third-order valence-electron chi connectivity index (χ3n) is 5.04. The molecular formula is C25H16F6N2O7. The number of carboxylic acids is 1. The van der Waals surface area contributed by atoms with Crippen LogP contribution in [0, 0.1) is 0 Å². The summed E-state index contributed by atoms with van der Waals surface area (Å²) in [5.74, 6) is -6.68. The fourth-order valence-electron chi connectivity index (χ4n) is 3.15. The van der Waals surface area contributed by atoms with Gasteiger partial charge in [-0.25, -0.2) is 14.4 Å². The number of halogens is 6. The second kappa shape index (κ2) is 11.8. The van der Waals surface area contributed by atoms with Crippen LogP contribution in [0.5, 0.6) is 0 Å². The van der Waals surface area contributed by atoms with Crippen molar-refractivity contribution in [2.45, 2.75) is 24.6 Å². The number of nitrogens with zero attached hydrogens (tertiary/aromatic N) is 1. The Morgan fingerprint density at radius 2 is 1.18 bits per heavy atom. The van der Waals surface area contributed by atoms with Crippen molar-refractivity contribution in [1.29, 1.82) is 0 Å². The lowest BCUT2D eigenvalue weighted by Crippen LogP contribution is -2.48. The van der Waals surface area contributed by atoms with Crippen LogP contribution in [0.1, 0.15) is 31.8 Å². The van der Waals surface area contributed by atoms with Crippen LogP contribution in [0.2, 0.25) is 0 Å². The summed E-state index contributed by atoms with van der Waals surface area (Å²) in [7, 11) is 0. The summed E-state index contributed by atoms with van der Waals surface area (Å²) in [6.45, 7) is 0. The molecule has 0 aliphatic heterocycles. The van der Waals surface area contributed by atoms with Gasteiger partial charge in [-0.1, -0.05) is 12.1 Å². The van der Waals surface area contributed by atoms with Crippen molar-refractivity contribution in [3.05, 3.63) is 95.3 Å². The molecule has 210 valence electrons. The summed E-state index contributed by atoms with van der Waals surface area (Å²) < 4.78 is 88.0. The summed E-state index contributed by atoms with van der Waals surface area (Å²) in [4.78, 5) is 53.9. The SMILES string of the molecule is O=C(O[C@H](C(=O)O)[C@@H](OC(=O)c1cccc(C(F)(F)F)c1)C(=O)Nc1ccncc1)c1cccc(C(F)(F)F)c1. The first-order chi connectivity index (χ1) is 18.7. The maximum atomic E-state index is 13.1. The number of aromatic nitrogens is 1. The molecule has 0 bridgehead atoms. The number of nitrogens with one attached hydrogen (secondary N) is 1. The zero-order chi connectivity index (χ0) is 29.7. The summed E-state index contributed by atoms with van der Waals surface area (Å²) in [5, 5.41) is 11.9. The van der Waals surface area contributed by atoms with Crippen LogP contribution in [0.3, 0.4) is 0 Å². The van der Waals surface area contributed by atoms with E-state index in [1.807, 2.05) is 0 Å². The van der Waals surface area contributed by atoms with E-state index in [0.29, 0.717) is 24.3 Å².